The number of aliphatic hydroxyl groups excluding tert-OH is 4. The van der Waals surface area contributed by atoms with Crippen LogP contribution in [0.25, 0.3) is 6.08 Å². The zero-order valence-corrected chi connectivity index (χ0v) is 12.4. The molecule has 1 fully saturated rings. The SMILES string of the molecule is O=C(O)C(=Cc1ccc(O)cc1)O[C@@H]1O[C@H](CO)[C@@H](O)[C@H](O)[C@H]1O. The highest BCUT2D eigenvalue weighted by molar-refractivity contribution is 5.89. The van der Waals surface area contributed by atoms with Gasteiger partial charge < -0.3 is 40.1 Å². The van der Waals surface area contributed by atoms with Gasteiger partial charge in [-0.2, -0.15) is 0 Å². The second-order valence-electron chi connectivity index (χ2n) is 5.22. The summed E-state index contributed by atoms with van der Waals surface area (Å²) in [5, 5.41) is 56.7. The van der Waals surface area contributed by atoms with Gasteiger partial charge in [-0.05, 0) is 23.8 Å². The van der Waals surface area contributed by atoms with Crippen molar-refractivity contribution in [1.29, 1.82) is 0 Å². The normalized spacial score (nSPS) is 30.8. The molecule has 1 aliphatic heterocycles. The molecular weight excluding hydrogens is 324 g/mol. The van der Waals surface area contributed by atoms with E-state index in [1.807, 2.05) is 0 Å². The van der Waals surface area contributed by atoms with Crippen LogP contribution in [0.5, 0.6) is 5.75 Å². The first-order valence-corrected chi connectivity index (χ1v) is 7.04. The summed E-state index contributed by atoms with van der Waals surface area (Å²) in [6.45, 7) is -0.658. The number of phenols is 1. The number of hydrogen-bond donors (Lipinski definition) is 6. The van der Waals surface area contributed by atoms with E-state index in [0.717, 1.165) is 6.08 Å². The molecule has 5 atom stereocenters. The number of aliphatic hydroxyl groups is 4. The summed E-state index contributed by atoms with van der Waals surface area (Å²) in [7, 11) is 0. The zero-order chi connectivity index (χ0) is 17.9. The van der Waals surface area contributed by atoms with E-state index in [2.05, 4.69) is 0 Å². The van der Waals surface area contributed by atoms with E-state index in [0.29, 0.717) is 5.56 Å². The van der Waals surface area contributed by atoms with Crippen LogP contribution in [-0.4, -0.2) is 73.9 Å². The number of hydrogen-bond acceptors (Lipinski definition) is 8. The number of aromatic hydroxyl groups is 1. The molecule has 24 heavy (non-hydrogen) atoms. The summed E-state index contributed by atoms with van der Waals surface area (Å²) in [6.07, 6.45) is -6.64. The highest BCUT2D eigenvalue weighted by atomic mass is 16.7. The fourth-order valence-electron chi connectivity index (χ4n) is 2.16. The van der Waals surface area contributed by atoms with E-state index >= 15 is 0 Å². The lowest BCUT2D eigenvalue weighted by atomic mass is 9.99. The lowest BCUT2D eigenvalue weighted by Gasteiger charge is -2.39. The number of carboxylic acid groups (broad SMARTS) is 1. The molecule has 0 spiro atoms. The molecule has 0 bridgehead atoms. The maximum atomic E-state index is 11.3. The summed E-state index contributed by atoms with van der Waals surface area (Å²) >= 11 is 0. The summed E-state index contributed by atoms with van der Waals surface area (Å²) < 4.78 is 10.2. The molecule has 0 unspecified atom stereocenters. The van der Waals surface area contributed by atoms with Crippen LogP contribution in [0.3, 0.4) is 0 Å². The van der Waals surface area contributed by atoms with Crippen molar-refractivity contribution in [2.75, 3.05) is 6.61 Å². The Morgan fingerprint density at radius 1 is 1.12 bits per heavy atom. The molecule has 1 aromatic rings. The van der Waals surface area contributed by atoms with Crippen LogP contribution in [0.15, 0.2) is 30.0 Å². The van der Waals surface area contributed by atoms with Gasteiger partial charge in [-0.25, -0.2) is 4.79 Å². The Morgan fingerprint density at radius 3 is 2.29 bits per heavy atom. The number of rotatable bonds is 5. The van der Waals surface area contributed by atoms with E-state index < -0.39 is 49.0 Å². The maximum Gasteiger partial charge on any atom is 0.371 e. The van der Waals surface area contributed by atoms with E-state index in [1.54, 1.807) is 0 Å². The number of carbonyl (C=O) groups is 1. The van der Waals surface area contributed by atoms with Gasteiger partial charge in [-0.3, -0.25) is 0 Å². The first-order chi connectivity index (χ1) is 11.3. The third kappa shape index (κ3) is 4.02. The van der Waals surface area contributed by atoms with Crippen LogP contribution >= 0.6 is 0 Å². The number of carboxylic acids is 1. The molecule has 0 aromatic heterocycles. The molecule has 6 N–H and O–H groups in total. The predicted molar refractivity (Wildman–Crippen MR) is 78.6 cm³/mol. The van der Waals surface area contributed by atoms with Gasteiger partial charge in [0.05, 0.1) is 6.61 Å². The third-order valence-electron chi connectivity index (χ3n) is 3.49. The molecule has 1 heterocycles. The molecule has 0 amide bonds. The molecular formula is C15H18O9. The number of aliphatic carboxylic acids is 1. The lowest BCUT2D eigenvalue weighted by molar-refractivity contribution is -0.291. The zero-order valence-electron chi connectivity index (χ0n) is 12.4. The molecule has 9 heteroatoms. The van der Waals surface area contributed by atoms with Gasteiger partial charge in [0.25, 0.3) is 0 Å². The Morgan fingerprint density at radius 2 is 1.75 bits per heavy atom. The highest BCUT2D eigenvalue weighted by Gasteiger charge is 2.45. The lowest BCUT2D eigenvalue weighted by Crippen LogP contribution is -2.59. The van der Waals surface area contributed by atoms with Crippen molar-refractivity contribution in [3.05, 3.63) is 35.6 Å². The summed E-state index contributed by atoms with van der Waals surface area (Å²) in [5.74, 6) is -2.05. The van der Waals surface area contributed by atoms with E-state index in [-0.39, 0.29) is 5.75 Å². The van der Waals surface area contributed by atoms with E-state index in [4.69, 9.17) is 14.6 Å². The van der Waals surface area contributed by atoms with Gasteiger partial charge in [0.15, 0.2) is 0 Å². The second-order valence-corrected chi connectivity index (χ2v) is 5.22. The van der Waals surface area contributed by atoms with Gasteiger partial charge in [0.2, 0.25) is 12.0 Å². The van der Waals surface area contributed by atoms with E-state index in [9.17, 15) is 30.3 Å². The highest BCUT2D eigenvalue weighted by Crippen LogP contribution is 2.24. The quantitative estimate of drug-likeness (QED) is 0.281. The number of ether oxygens (including phenoxy) is 2. The number of phenolic OH excluding ortho intramolecular Hbond substituents is 1. The van der Waals surface area contributed by atoms with Crippen LogP contribution in [-0.2, 0) is 14.3 Å². The second kappa shape index (κ2) is 7.60. The molecule has 2 rings (SSSR count). The monoisotopic (exact) mass is 342 g/mol. The van der Waals surface area contributed by atoms with Crippen molar-refractivity contribution in [1.82, 2.24) is 0 Å². The Kier molecular flexibility index (Phi) is 5.75. The van der Waals surface area contributed by atoms with Crippen molar-refractivity contribution in [3.8, 4) is 5.75 Å². The van der Waals surface area contributed by atoms with Gasteiger partial charge in [-0.1, -0.05) is 12.1 Å². The maximum absolute atomic E-state index is 11.3. The van der Waals surface area contributed by atoms with Crippen molar-refractivity contribution in [3.63, 3.8) is 0 Å². The molecule has 0 radical (unpaired) electrons. The molecule has 132 valence electrons. The molecule has 1 aliphatic rings. The van der Waals surface area contributed by atoms with Crippen molar-refractivity contribution in [2.45, 2.75) is 30.7 Å². The van der Waals surface area contributed by atoms with Crippen LogP contribution in [0, 0.1) is 0 Å². The van der Waals surface area contributed by atoms with Crippen LogP contribution in [0.1, 0.15) is 5.56 Å². The van der Waals surface area contributed by atoms with Gasteiger partial charge in [0, 0.05) is 0 Å². The predicted octanol–water partition coefficient (Wildman–Crippen LogP) is -1.37. The van der Waals surface area contributed by atoms with Gasteiger partial charge in [-0.15, -0.1) is 0 Å². The van der Waals surface area contributed by atoms with Crippen molar-refractivity contribution < 1.29 is 44.9 Å². The summed E-state index contributed by atoms with van der Waals surface area (Å²) in [4.78, 5) is 11.3. The Hall–Kier alpha value is -2.17. The Labute approximate surface area is 136 Å². The smallest absolute Gasteiger partial charge is 0.371 e. The minimum absolute atomic E-state index is 0.00104. The fourth-order valence-corrected chi connectivity index (χ4v) is 2.16. The Balaban J connectivity index is 2.20. The average Bonchev–Trinajstić information content (AvgIpc) is 2.56. The molecule has 0 aliphatic carbocycles. The van der Waals surface area contributed by atoms with Crippen LogP contribution < -0.4 is 0 Å². The van der Waals surface area contributed by atoms with E-state index in [1.165, 1.54) is 24.3 Å². The molecule has 1 aromatic carbocycles. The van der Waals surface area contributed by atoms with Crippen molar-refractivity contribution in [2.24, 2.45) is 0 Å². The Bertz CT molecular complexity index is 595. The van der Waals surface area contributed by atoms with Crippen LogP contribution in [0.2, 0.25) is 0 Å². The third-order valence-corrected chi connectivity index (χ3v) is 3.49. The largest absolute Gasteiger partial charge is 0.508 e. The fraction of sp³-hybridized carbons (Fsp3) is 0.400. The molecule has 9 nitrogen and oxygen atoms in total. The minimum Gasteiger partial charge on any atom is -0.508 e. The van der Waals surface area contributed by atoms with Crippen LogP contribution in [0.4, 0.5) is 0 Å². The molecule has 0 saturated carbocycles. The van der Waals surface area contributed by atoms with Gasteiger partial charge in [0.1, 0.15) is 30.2 Å². The van der Waals surface area contributed by atoms with Crippen molar-refractivity contribution >= 4 is 12.0 Å². The summed E-state index contributed by atoms with van der Waals surface area (Å²) in [6, 6.07) is 5.57. The molecule has 1 saturated heterocycles. The van der Waals surface area contributed by atoms with Gasteiger partial charge >= 0.3 is 5.97 Å². The average molecular weight is 342 g/mol. The first kappa shape index (κ1) is 18.2. The topological polar surface area (TPSA) is 157 Å². The minimum atomic E-state index is -1.72. The summed E-state index contributed by atoms with van der Waals surface area (Å²) in [5.41, 5.74) is 0.398. The standard InChI is InChI=1S/C15H18O9/c16-6-10-11(18)12(19)13(20)15(24-10)23-9(14(21)22)5-7-1-3-8(17)4-2-7/h1-5,10-13,15-20H,6H2,(H,21,22)/t10-,11-,12+,13-,15-/m1/s1. The number of benzene rings is 1. The first-order valence-electron chi connectivity index (χ1n) is 7.04.